The first-order chi connectivity index (χ1) is 12.2. The molecular weight excluding hydrogens is 322 g/mol. The zero-order chi connectivity index (χ0) is 17.9. The predicted molar refractivity (Wildman–Crippen MR) is 95.1 cm³/mol. The van der Waals surface area contributed by atoms with Crippen LogP contribution in [0.5, 0.6) is 0 Å². The Balaban J connectivity index is 1.62. The molecule has 0 aliphatic carbocycles. The van der Waals surface area contributed by atoms with Gasteiger partial charge in [0.1, 0.15) is 12.8 Å². The van der Waals surface area contributed by atoms with Crippen LogP contribution in [0.25, 0.3) is 0 Å². The normalized spacial score (nSPS) is 16.6. The molecule has 1 aliphatic rings. The molecular formula is C18H29N3O4. The number of hydrogen-bond acceptors (Lipinski definition) is 6. The number of nitrogens with two attached hydrogens (primary N) is 1. The van der Waals surface area contributed by atoms with Crippen LogP contribution >= 0.6 is 0 Å². The molecule has 1 saturated heterocycles. The van der Waals surface area contributed by atoms with E-state index in [9.17, 15) is 4.79 Å². The molecule has 0 radical (unpaired) electrons. The van der Waals surface area contributed by atoms with Crippen molar-refractivity contribution >= 4 is 6.09 Å². The summed E-state index contributed by atoms with van der Waals surface area (Å²) in [5.74, 6) is 0. The Morgan fingerprint density at radius 2 is 1.84 bits per heavy atom. The van der Waals surface area contributed by atoms with Crippen molar-refractivity contribution in [2.24, 2.45) is 5.73 Å². The Kier molecular flexibility index (Phi) is 8.68. The lowest BCUT2D eigenvalue weighted by atomic mass is 10.2. The number of piperazine rings is 1. The van der Waals surface area contributed by atoms with Crippen LogP contribution in [0.4, 0.5) is 4.79 Å². The van der Waals surface area contributed by atoms with Gasteiger partial charge in [0.25, 0.3) is 0 Å². The van der Waals surface area contributed by atoms with Gasteiger partial charge < -0.3 is 24.8 Å². The first-order valence-electron chi connectivity index (χ1n) is 8.80. The van der Waals surface area contributed by atoms with Gasteiger partial charge in [0.05, 0.1) is 19.8 Å². The van der Waals surface area contributed by atoms with Crippen molar-refractivity contribution < 1.29 is 19.0 Å². The fraction of sp³-hybridized carbons (Fsp3) is 0.611. The van der Waals surface area contributed by atoms with E-state index >= 15 is 0 Å². The van der Waals surface area contributed by atoms with Gasteiger partial charge in [0.2, 0.25) is 0 Å². The minimum Gasteiger partial charge on any atom is -0.445 e. The Morgan fingerprint density at radius 3 is 2.52 bits per heavy atom. The van der Waals surface area contributed by atoms with E-state index in [4.69, 9.17) is 19.9 Å². The molecule has 1 aromatic carbocycles. The highest BCUT2D eigenvalue weighted by molar-refractivity contribution is 5.67. The lowest BCUT2D eigenvalue weighted by molar-refractivity contribution is -0.0783. The first kappa shape index (κ1) is 19.7. The highest BCUT2D eigenvalue weighted by Gasteiger charge is 2.25. The Bertz CT molecular complexity index is 492. The Morgan fingerprint density at radius 1 is 1.12 bits per heavy atom. The first-order valence-corrected chi connectivity index (χ1v) is 8.80. The maximum Gasteiger partial charge on any atom is 0.410 e. The third-order valence-electron chi connectivity index (χ3n) is 4.14. The van der Waals surface area contributed by atoms with Crippen LogP contribution in [0.3, 0.4) is 0 Å². The minimum absolute atomic E-state index is 0.00367. The molecule has 0 saturated carbocycles. The summed E-state index contributed by atoms with van der Waals surface area (Å²) in [5, 5.41) is 0. The summed E-state index contributed by atoms with van der Waals surface area (Å²) in [6, 6.07) is 9.70. The van der Waals surface area contributed by atoms with E-state index < -0.39 is 0 Å². The zero-order valence-corrected chi connectivity index (χ0v) is 14.9. The van der Waals surface area contributed by atoms with Gasteiger partial charge in [-0.25, -0.2) is 4.79 Å². The van der Waals surface area contributed by atoms with Crippen molar-refractivity contribution in [1.29, 1.82) is 0 Å². The second-order valence-electron chi connectivity index (χ2n) is 5.93. The molecule has 140 valence electrons. The number of carbonyl (C=O) groups is 1. The van der Waals surface area contributed by atoms with Crippen molar-refractivity contribution in [2.45, 2.75) is 19.8 Å². The van der Waals surface area contributed by atoms with Gasteiger partial charge in [-0.3, -0.25) is 4.90 Å². The van der Waals surface area contributed by atoms with E-state index in [1.54, 1.807) is 4.90 Å². The van der Waals surface area contributed by atoms with Crippen molar-refractivity contribution in [2.75, 3.05) is 52.5 Å². The molecule has 1 amide bonds. The standard InChI is InChI=1S/C18H29N3O4/c1-16(24-14-13-23-12-7-19)20-8-10-21(11-9-20)18(22)25-15-17-5-3-2-4-6-17/h2-6,16H,7-15,19H2,1H3. The maximum atomic E-state index is 12.1. The molecule has 1 heterocycles. The second kappa shape index (κ2) is 11.0. The molecule has 1 aliphatic heterocycles. The summed E-state index contributed by atoms with van der Waals surface area (Å²) in [5.41, 5.74) is 6.36. The molecule has 0 spiro atoms. The highest BCUT2D eigenvalue weighted by Crippen LogP contribution is 2.10. The van der Waals surface area contributed by atoms with E-state index in [-0.39, 0.29) is 12.3 Å². The van der Waals surface area contributed by atoms with Gasteiger partial charge in [0.15, 0.2) is 0 Å². The van der Waals surface area contributed by atoms with Gasteiger partial charge >= 0.3 is 6.09 Å². The average molecular weight is 351 g/mol. The smallest absolute Gasteiger partial charge is 0.410 e. The second-order valence-corrected chi connectivity index (χ2v) is 5.93. The van der Waals surface area contributed by atoms with Crippen molar-refractivity contribution in [3.05, 3.63) is 35.9 Å². The third-order valence-corrected chi connectivity index (χ3v) is 4.14. The highest BCUT2D eigenvalue weighted by atomic mass is 16.6. The number of hydrogen-bond donors (Lipinski definition) is 1. The summed E-state index contributed by atoms with van der Waals surface area (Å²) < 4.78 is 16.4. The Hall–Kier alpha value is -1.67. The zero-order valence-electron chi connectivity index (χ0n) is 14.9. The molecule has 1 atom stereocenters. The van der Waals surface area contributed by atoms with Crippen LogP contribution in [0, 0.1) is 0 Å². The van der Waals surface area contributed by atoms with Crippen LogP contribution in [-0.2, 0) is 20.8 Å². The third kappa shape index (κ3) is 6.99. The summed E-state index contributed by atoms with van der Waals surface area (Å²) in [7, 11) is 0. The van der Waals surface area contributed by atoms with E-state index in [1.807, 2.05) is 37.3 Å². The lowest BCUT2D eigenvalue weighted by Gasteiger charge is -2.37. The molecule has 0 aromatic heterocycles. The molecule has 1 fully saturated rings. The molecule has 1 aromatic rings. The number of rotatable bonds is 9. The fourth-order valence-corrected chi connectivity index (χ4v) is 2.65. The lowest BCUT2D eigenvalue weighted by Crippen LogP contribution is -2.52. The van der Waals surface area contributed by atoms with Crippen molar-refractivity contribution in [3.8, 4) is 0 Å². The number of amides is 1. The van der Waals surface area contributed by atoms with E-state index in [0.717, 1.165) is 18.7 Å². The van der Waals surface area contributed by atoms with Crippen LogP contribution in [0.1, 0.15) is 12.5 Å². The summed E-state index contributed by atoms with van der Waals surface area (Å²) in [6.45, 7) is 7.33. The molecule has 7 nitrogen and oxygen atoms in total. The van der Waals surface area contributed by atoms with Crippen molar-refractivity contribution in [1.82, 2.24) is 9.80 Å². The quantitative estimate of drug-likeness (QED) is 0.676. The van der Waals surface area contributed by atoms with Crippen LogP contribution in [0.15, 0.2) is 30.3 Å². The molecule has 7 heteroatoms. The van der Waals surface area contributed by atoms with Gasteiger partial charge in [-0.05, 0) is 12.5 Å². The van der Waals surface area contributed by atoms with Gasteiger partial charge in [-0.2, -0.15) is 0 Å². The topological polar surface area (TPSA) is 77.3 Å². The van der Waals surface area contributed by atoms with Crippen LogP contribution in [0.2, 0.25) is 0 Å². The number of ether oxygens (including phenoxy) is 3. The minimum atomic E-state index is -0.257. The summed E-state index contributed by atoms with van der Waals surface area (Å²) in [4.78, 5) is 16.1. The van der Waals surface area contributed by atoms with Crippen molar-refractivity contribution in [3.63, 3.8) is 0 Å². The maximum absolute atomic E-state index is 12.1. The molecule has 1 unspecified atom stereocenters. The number of carbonyl (C=O) groups excluding carboxylic acids is 1. The molecule has 2 N–H and O–H groups in total. The predicted octanol–water partition coefficient (Wildman–Crippen LogP) is 1.28. The number of benzene rings is 1. The van der Waals surface area contributed by atoms with Gasteiger partial charge in [-0.15, -0.1) is 0 Å². The van der Waals surface area contributed by atoms with Crippen LogP contribution < -0.4 is 5.73 Å². The van der Waals surface area contributed by atoms with E-state index in [0.29, 0.717) is 46.1 Å². The summed E-state index contributed by atoms with van der Waals surface area (Å²) in [6.07, 6.45) is -0.253. The molecule has 25 heavy (non-hydrogen) atoms. The van der Waals surface area contributed by atoms with E-state index in [1.165, 1.54) is 0 Å². The van der Waals surface area contributed by atoms with Gasteiger partial charge in [-0.1, -0.05) is 30.3 Å². The van der Waals surface area contributed by atoms with Gasteiger partial charge in [0, 0.05) is 32.7 Å². The monoisotopic (exact) mass is 351 g/mol. The number of nitrogens with zero attached hydrogens (tertiary/aromatic N) is 2. The molecule has 2 rings (SSSR count). The van der Waals surface area contributed by atoms with Crippen LogP contribution in [-0.4, -0.2) is 74.7 Å². The molecule has 0 bridgehead atoms. The SMILES string of the molecule is CC(OCCOCCN)N1CCN(C(=O)OCc2ccccc2)CC1. The average Bonchev–Trinajstić information content (AvgIpc) is 2.66. The Labute approximate surface area is 149 Å². The fourth-order valence-electron chi connectivity index (χ4n) is 2.65. The summed E-state index contributed by atoms with van der Waals surface area (Å²) >= 11 is 0. The largest absolute Gasteiger partial charge is 0.445 e. The van der Waals surface area contributed by atoms with E-state index in [2.05, 4.69) is 4.90 Å².